The van der Waals surface area contributed by atoms with Crippen LogP contribution in [0.25, 0.3) is 0 Å². The highest BCUT2D eigenvalue weighted by atomic mass is 35.5. The molecule has 0 spiro atoms. The zero-order valence-corrected chi connectivity index (χ0v) is 8.93. The van der Waals surface area contributed by atoms with Gasteiger partial charge < -0.3 is 5.73 Å². The minimum Gasteiger partial charge on any atom is -0.396 e. The van der Waals surface area contributed by atoms with Gasteiger partial charge in [0.2, 0.25) is 0 Å². The van der Waals surface area contributed by atoms with E-state index in [4.69, 9.17) is 17.3 Å². The third-order valence-corrected chi connectivity index (χ3v) is 2.55. The number of anilines is 1. The average Bonchev–Trinajstić information content (AvgIpc) is 2.65. The largest absolute Gasteiger partial charge is 0.396 e. The Labute approximate surface area is 93.5 Å². The van der Waals surface area contributed by atoms with Crippen molar-refractivity contribution in [2.45, 2.75) is 11.9 Å². The summed E-state index contributed by atoms with van der Waals surface area (Å²) in [5.74, 6) is 0. The molecule has 2 aromatic rings. The molecule has 0 amide bonds. The van der Waals surface area contributed by atoms with E-state index in [9.17, 15) is 0 Å². The van der Waals surface area contributed by atoms with Gasteiger partial charge in [-0.25, -0.2) is 0 Å². The maximum absolute atomic E-state index is 6.25. The van der Waals surface area contributed by atoms with Gasteiger partial charge in [0, 0.05) is 6.20 Å². The summed E-state index contributed by atoms with van der Waals surface area (Å²) in [7, 11) is 0. The number of hydrogen-bond donors (Lipinski definition) is 1. The Bertz CT molecular complexity index is 424. The molecule has 78 valence electrons. The topological polar surface area (TPSA) is 43.8 Å². The summed E-state index contributed by atoms with van der Waals surface area (Å²) in [6.45, 7) is 0.628. The fourth-order valence-corrected chi connectivity index (χ4v) is 1.70. The van der Waals surface area contributed by atoms with Gasteiger partial charge >= 0.3 is 0 Å². The monoisotopic (exact) mass is 221 g/mol. The fraction of sp³-hybridized carbons (Fsp3) is 0.182. The van der Waals surface area contributed by atoms with E-state index in [1.807, 2.05) is 30.3 Å². The van der Waals surface area contributed by atoms with Crippen LogP contribution in [0.15, 0.2) is 42.7 Å². The molecule has 1 atom stereocenters. The third kappa shape index (κ3) is 2.50. The number of nitrogen functional groups attached to an aromatic ring is 1. The average molecular weight is 222 g/mol. The number of aromatic nitrogens is 2. The van der Waals surface area contributed by atoms with Gasteiger partial charge in [0.1, 0.15) is 0 Å². The first kappa shape index (κ1) is 10.1. The highest BCUT2D eigenvalue weighted by Crippen LogP contribution is 2.21. The van der Waals surface area contributed by atoms with Crippen molar-refractivity contribution >= 4 is 17.3 Å². The Morgan fingerprint density at radius 1 is 1.33 bits per heavy atom. The smallest absolute Gasteiger partial charge is 0.0781 e. The van der Waals surface area contributed by atoms with Crippen molar-refractivity contribution in [1.82, 2.24) is 9.78 Å². The Morgan fingerprint density at radius 3 is 2.67 bits per heavy atom. The van der Waals surface area contributed by atoms with Crippen LogP contribution in [0.2, 0.25) is 0 Å². The molecule has 4 heteroatoms. The Hall–Kier alpha value is -1.48. The van der Waals surface area contributed by atoms with Crippen LogP contribution in [0, 0.1) is 0 Å². The maximum Gasteiger partial charge on any atom is 0.0781 e. The highest BCUT2D eigenvalue weighted by molar-refractivity contribution is 6.20. The van der Waals surface area contributed by atoms with E-state index in [1.165, 1.54) is 0 Å². The normalized spacial score (nSPS) is 12.6. The van der Waals surface area contributed by atoms with Crippen LogP contribution in [0.5, 0.6) is 0 Å². The van der Waals surface area contributed by atoms with E-state index in [0.717, 1.165) is 5.56 Å². The Kier molecular flexibility index (Phi) is 2.92. The molecule has 15 heavy (non-hydrogen) atoms. The Morgan fingerprint density at radius 2 is 2.07 bits per heavy atom. The second kappa shape index (κ2) is 4.36. The predicted octanol–water partition coefficient (Wildman–Crippen LogP) is 2.45. The summed E-state index contributed by atoms with van der Waals surface area (Å²) in [4.78, 5) is 0. The van der Waals surface area contributed by atoms with E-state index in [2.05, 4.69) is 5.10 Å². The van der Waals surface area contributed by atoms with Crippen molar-refractivity contribution in [3.8, 4) is 0 Å². The number of alkyl halides is 1. The molecule has 3 nitrogen and oxygen atoms in total. The van der Waals surface area contributed by atoms with E-state index in [0.29, 0.717) is 12.2 Å². The van der Waals surface area contributed by atoms with Crippen molar-refractivity contribution in [3.05, 3.63) is 48.3 Å². The highest BCUT2D eigenvalue weighted by Gasteiger charge is 2.08. The zero-order chi connectivity index (χ0) is 10.7. The van der Waals surface area contributed by atoms with Crippen LogP contribution < -0.4 is 5.73 Å². The van der Waals surface area contributed by atoms with Gasteiger partial charge in [-0.05, 0) is 5.56 Å². The standard InChI is InChI=1S/C11H12ClN3/c12-11(9-4-2-1-3-5-9)8-15-7-10(13)6-14-15/h1-7,11H,8,13H2. The first-order valence-electron chi connectivity index (χ1n) is 4.72. The van der Waals surface area contributed by atoms with Crippen LogP contribution in [0.3, 0.4) is 0 Å². The first-order chi connectivity index (χ1) is 7.25. The van der Waals surface area contributed by atoms with Gasteiger partial charge in [0.25, 0.3) is 0 Å². The summed E-state index contributed by atoms with van der Waals surface area (Å²) in [6.07, 6.45) is 3.40. The second-order valence-electron chi connectivity index (χ2n) is 3.37. The van der Waals surface area contributed by atoms with Crippen molar-refractivity contribution in [1.29, 1.82) is 0 Å². The predicted molar refractivity (Wildman–Crippen MR) is 61.7 cm³/mol. The molecule has 0 radical (unpaired) electrons. The minimum atomic E-state index is -0.0782. The first-order valence-corrected chi connectivity index (χ1v) is 5.16. The lowest BCUT2D eigenvalue weighted by atomic mass is 10.1. The summed E-state index contributed by atoms with van der Waals surface area (Å²) in [6, 6.07) is 9.93. The van der Waals surface area contributed by atoms with Crippen molar-refractivity contribution in [3.63, 3.8) is 0 Å². The molecule has 1 unspecified atom stereocenters. The van der Waals surface area contributed by atoms with Crippen LogP contribution in [-0.4, -0.2) is 9.78 Å². The van der Waals surface area contributed by atoms with Crippen molar-refractivity contribution < 1.29 is 0 Å². The molecule has 2 rings (SSSR count). The van der Waals surface area contributed by atoms with Gasteiger partial charge in [0.05, 0.1) is 23.8 Å². The molecule has 1 aromatic heterocycles. The van der Waals surface area contributed by atoms with Crippen molar-refractivity contribution in [2.24, 2.45) is 0 Å². The van der Waals surface area contributed by atoms with Crippen LogP contribution in [-0.2, 0) is 6.54 Å². The van der Waals surface area contributed by atoms with Gasteiger partial charge in [-0.15, -0.1) is 11.6 Å². The number of halogens is 1. The van der Waals surface area contributed by atoms with Crippen LogP contribution in [0.4, 0.5) is 5.69 Å². The lowest BCUT2D eigenvalue weighted by Gasteiger charge is -2.09. The fourth-order valence-electron chi connectivity index (χ4n) is 1.41. The van der Waals surface area contributed by atoms with Gasteiger partial charge in [-0.2, -0.15) is 5.10 Å². The van der Waals surface area contributed by atoms with Crippen molar-refractivity contribution in [2.75, 3.05) is 5.73 Å². The Balaban J connectivity index is 2.07. The van der Waals surface area contributed by atoms with Crippen LogP contribution in [0.1, 0.15) is 10.9 Å². The van der Waals surface area contributed by atoms with E-state index in [-0.39, 0.29) is 5.38 Å². The van der Waals surface area contributed by atoms with Gasteiger partial charge in [0.15, 0.2) is 0 Å². The molecule has 1 aromatic carbocycles. The summed E-state index contributed by atoms with van der Waals surface area (Å²) < 4.78 is 1.75. The molecule has 2 N–H and O–H groups in total. The molecule has 0 fully saturated rings. The van der Waals surface area contributed by atoms with Crippen LogP contribution >= 0.6 is 11.6 Å². The number of rotatable bonds is 3. The molecule has 0 saturated heterocycles. The minimum absolute atomic E-state index is 0.0782. The molecule has 0 aliphatic carbocycles. The zero-order valence-electron chi connectivity index (χ0n) is 8.18. The summed E-state index contributed by atoms with van der Waals surface area (Å²) in [5.41, 5.74) is 7.32. The van der Waals surface area contributed by atoms with Gasteiger partial charge in [-0.3, -0.25) is 4.68 Å². The van der Waals surface area contributed by atoms with Gasteiger partial charge in [-0.1, -0.05) is 30.3 Å². The van der Waals surface area contributed by atoms with E-state index >= 15 is 0 Å². The molecule has 0 saturated carbocycles. The number of benzene rings is 1. The lowest BCUT2D eigenvalue weighted by molar-refractivity contribution is 0.602. The third-order valence-electron chi connectivity index (χ3n) is 2.16. The molecule has 0 aliphatic heterocycles. The van der Waals surface area contributed by atoms with E-state index in [1.54, 1.807) is 17.1 Å². The quantitative estimate of drug-likeness (QED) is 0.810. The molecule has 0 bridgehead atoms. The SMILES string of the molecule is Nc1cnn(CC(Cl)c2ccccc2)c1. The molecular formula is C11H12ClN3. The summed E-state index contributed by atoms with van der Waals surface area (Å²) >= 11 is 6.25. The second-order valence-corrected chi connectivity index (χ2v) is 3.90. The molecule has 1 heterocycles. The maximum atomic E-state index is 6.25. The number of nitrogens with two attached hydrogens (primary N) is 1. The lowest BCUT2D eigenvalue weighted by Crippen LogP contribution is -2.04. The summed E-state index contributed by atoms with van der Waals surface area (Å²) in [5, 5.41) is 4.01. The molecular weight excluding hydrogens is 210 g/mol. The number of hydrogen-bond acceptors (Lipinski definition) is 2. The molecule has 0 aliphatic rings. The number of nitrogens with zero attached hydrogens (tertiary/aromatic N) is 2. The van der Waals surface area contributed by atoms with E-state index < -0.39 is 0 Å².